The molecule has 1 aromatic carbocycles. The largest absolute Gasteiger partial charge is 0.483 e. The number of fused-ring (bicyclic) bond motifs is 1. The van der Waals surface area contributed by atoms with Gasteiger partial charge in [0, 0.05) is 26.3 Å². The van der Waals surface area contributed by atoms with Crippen LogP contribution in [0.25, 0.3) is 0 Å². The molecule has 0 radical (unpaired) electrons. The molecule has 0 spiro atoms. The molecule has 2 rings (SSSR count). The molecule has 1 aromatic rings. The van der Waals surface area contributed by atoms with Crippen molar-refractivity contribution in [2.24, 2.45) is 0 Å². The van der Waals surface area contributed by atoms with Crippen molar-refractivity contribution in [3.8, 4) is 5.75 Å². The monoisotopic (exact) mass is 292 g/mol. The average Bonchev–Trinajstić information content (AvgIpc) is 2.93. The van der Waals surface area contributed by atoms with Crippen molar-refractivity contribution in [2.45, 2.75) is 25.3 Å². The quantitative estimate of drug-likeness (QED) is 0.712. The van der Waals surface area contributed by atoms with Crippen LogP contribution in [0.3, 0.4) is 0 Å². The van der Waals surface area contributed by atoms with Crippen molar-refractivity contribution in [3.05, 3.63) is 29.3 Å². The third kappa shape index (κ3) is 4.19. The number of carbonyl (C=O) groups excluding carboxylic acids is 1. The molecule has 1 aliphatic rings. The number of amides is 1. The van der Waals surface area contributed by atoms with Gasteiger partial charge in [0.25, 0.3) is 5.91 Å². The fourth-order valence-corrected chi connectivity index (χ4v) is 2.69. The Labute approximate surface area is 126 Å². The Hall–Kier alpha value is -1.59. The summed E-state index contributed by atoms with van der Waals surface area (Å²) in [4.78, 5) is 11.7. The Balaban J connectivity index is 1.84. The molecule has 1 atom stereocenters. The van der Waals surface area contributed by atoms with Gasteiger partial charge >= 0.3 is 0 Å². The number of carbonyl (C=O) groups is 1. The first kappa shape index (κ1) is 15.8. The van der Waals surface area contributed by atoms with Gasteiger partial charge in [-0.3, -0.25) is 4.79 Å². The van der Waals surface area contributed by atoms with E-state index in [-0.39, 0.29) is 12.5 Å². The van der Waals surface area contributed by atoms with E-state index in [1.54, 1.807) is 7.11 Å². The number of nitrogens with one attached hydrogen (secondary N) is 2. The third-order valence-corrected chi connectivity index (χ3v) is 3.78. The molecule has 0 fully saturated rings. The Kier molecular flexibility index (Phi) is 6.02. The molecule has 0 saturated heterocycles. The average molecular weight is 292 g/mol. The fraction of sp³-hybridized carbons (Fsp3) is 0.562. The van der Waals surface area contributed by atoms with Gasteiger partial charge in [0.05, 0.1) is 0 Å². The molecular formula is C16H24N2O3. The second-order valence-corrected chi connectivity index (χ2v) is 5.19. The van der Waals surface area contributed by atoms with Crippen LogP contribution < -0.4 is 15.4 Å². The molecule has 0 saturated carbocycles. The van der Waals surface area contributed by atoms with Gasteiger partial charge in [-0.1, -0.05) is 12.1 Å². The molecule has 0 bridgehead atoms. The van der Waals surface area contributed by atoms with Gasteiger partial charge in [-0.25, -0.2) is 0 Å². The first-order valence-electron chi connectivity index (χ1n) is 7.43. The Bertz CT molecular complexity index is 477. The van der Waals surface area contributed by atoms with E-state index in [1.807, 2.05) is 19.2 Å². The van der Waals surface area contributed by atoms with Gasteiger partial charge in [-0.2, -0.15) is 0 Å². The van der Waals surface area contributed by atoms with E-state index < -0.39 is 0 Å². The summed E-state index contributed by atoms with van der Waals surface area (Å²) >= 11 is 0. The first-order chi connectivity index (χ1) is 10.3. The summed E-state index contributed by atoms with van der Waals surface area (Å²) < 4.78 is 10.6. The summed E-state index contributed by atoms with van der Waals surface area (Å²) in [5, 5.41) is 6.12. The highest BCUT2D eigenvalue weighted by atomic mass is 16.5. The molecule has 21 heavy (non-hydrogen) atoms. The fourth-order valence-electron chi connectivity index (χ4n) is 2.69. The lowest BCUT2D eigenvalue weighted by atomic mass is 10.1. The van der Waals surface area contributed by atoms with E-state index in [4.69, 9.17) is 9.47 Å². The summed E-state index contributed by atoms with van der Waals surface area (Å²) in [6, 6.07) is 6.45. The van der Waals surface area contributed by atoms with Crippen molar-refractivity contribution in [2.75, 3.05) is 33.9 Å². The molecule has 0 heterocycles. The predicted octanol–water partition coefficient (Wildman–Crippen LogP) is 1.42. The standard InChI is InChI=1S/C16H24N2O3/c1-17-14-8-7-13-12(14)5-3-6-15(13)21-11-16(19)18-9-4-10-20-2/h3,5-6,14,17H,4,7-11H2,1-2H3,(H,18,19). The van der Waals surface area contributed by atoms with Crippen LogP contribution in [0.1, 0.15) is 30.0 Å². The van der Waals surface area contributed by atoms with Gasteiger partial charge in [0.1, 0.15) is 5.75 Å². The van der Waals surface area contributed by atoms with Crippen LogP contribution >= 0.6 is 0 Å². The first-order valence-corrected chi connectivity index (χ1v) is 7.43. The molecule has 0 aliphatic heterocycles. The Morgan fingerprint density at radius 2 is 2.29 bits per heavy atom. The van der Waals surface area contributed by atoms with Crippen LogP contribution in [0.4, 0.5) is 0 Å². The Morgan fingerprint density at radius 1 is 1.43 bits per heavy atom. The summed E-state index contributed by atoms with van der Waals surface area (Å²) in [6.45, 7) is 1.33. The van der Waals surface area contributed by atoms with E-state index in [0.717, 1.165) is 25.0 Å². The molecule has 5 heteroatoms. The zero-order chi connectivity index (χ0) is 15.1. The molecule has 1 unspecified atom stereocenters. The summed E-state index contributed by atoms with van der Waals surface area (Å²) in [5.41, 5.74) is 2.51. The highest BCUT2D eigenvalue weighted by molar-refractivity contribution is 5.77. The van der Waals surface area contributed by atoms with Gasteiger partial charge in [-0.05, 0) is 43.5 Å². The number of benzene rings is 1. The zero-order valence-corrected chi connectivity index (χ0v) is 12.8. The second kappa shape index (κ2) is 8.00. The normalized spacial score (nSPS) is 16.6. The van der Waals surface area contributed by atoms with Crippen LogP contribution in [0, 0.1) is 0 Å². The topological polar surface area (TPSA) is 59.6 Å². The lowest BCUT2D eigenvalue weighted by Crippen LogP contribution is -2.30. The van der Waals surface area contributed by atoms with Gasteiger partial charge in [-0.15, -0.1) is 0 Å². The lowest BCUT2D eigenvalue weighted by molar-refractivity contribution is -0.123. The minimum Gasteiger partial charge on any atom is -0.483 e. The van der Waals surface area contributed by atoms with Crippen molar-refractivity contribution in [3.63, 3.8) is 0 Å². The maximum absolute atomic E-state index is 11.7. The molecule has 2 N–H and O–H groups in total. The Morgan fingerprint density at radius 3 is 3.05 bits per heavy atom. The van der Waals surface area contributed by atoms with Crippen LogP contribution in [0.2, 0.25) is 0 Å². The van der Waals surface area contributed by atoms with E-state index in [2.05, 4.69) is 16.7 Å². The van der Waals surface area contributed by atoms with Gasteiger partial charge in [0.15, 0.2) is 6.61 Å². The number of hydrogen-bond acceptors (Lipinski definition) is 4. The van der Waals surface area contributed by atoms with Crippen LogP contribution in [0.5, 0.6) is 5.75 Å². The zero-order valence-electron chi connectivity index (χ0n) is 12.8. The van der Waals surface area contributed by atoms with Gasteiger partial charge < -0.3 is 20.1 Å². The van der Waals surface area contributed by atoms with Crippen molar-refractivity contribution in [1.82, 2.24) is 10.6 Å². The highest BCUT2D eigenvalue weighted by Gasteiger charge is 2.23. The maximum Gasteiger partial charge on any atom is 0.257 e. The molecule has 1 amide bonds. The van der Waals surface area contributed by atoms with Crippen LogP contribution in [0.15, 0.2) is 18.2 Å². The van der Waals surface area contributed by atoms with Crippen LogP contribution in [-0.4, -0.2) is 39.8 Å². The third-order valence-electron chi connectivity index (χ3n) is 3.78. The minimum absolute atomic E-state index is 0.0632. The molecular weight excluding hydrogens is 268 g/mol. The number of ether oxygens (including phenoxy) is 2. The van der Waals surface area contributed by atoms with E-state index in [9.17, 15) is 4.79 Å². The molecule has 116 valence electrons. The number of methoxy groups -OCH3 is 1. The van der Waals surface area contributed by atoms with E-state index in [1.165, 1.54) is 11.1 Å². The second-order valence-electron chi connectivity index (χ2n) is 5.19. The van der Waals surface area contributed by atoms with Crippen LogP contribution in [-0.2, 0) is 16.0 Å². The highest BCUT2D eigenvalue weighted by Crippen LogP contribution is 2.36. The van der Waals surface area contributed by atoms with Gasteiger partial charge in [0.2, 0.25) is 0 Å². The molecule has 0 aromatic heterocycles. The predicted molar refractivity (Wildman–Crippen MR) is 81.6 cm³/mol. The van der Waals surface area contributed by atoms with E-state index in [0.29, 0.717) is 19.2 Å². The number of rotatable bonds is 8. The smallest absolute Gasteiger partial charge is 0.257 e. The summed E-state index contributed by atoms with van der Waals surface area (Å²) in [6.07, 6.45) is 2.88. The minimum atomic E-state index is -0.0909. The van der Waals surface area contributed by atoms with Crippen molar-refractivity contribution >= 4 is 5.91 Å². The number of hydrogen-bond donors (Lipinski definition) is 2. The van der Waals surface area contributed by atoms with Crippen molar-refractivity contribution in [1.29, 1.82) is 0 Å². The van der Waals surface area contributed by atoms with Crippen molar-refractivity contribution < 1.29 is 14.3 Å². The maximum atomic E-state index is 11.7. The SMILES string of the molecule is CNC1CCc2c(OCC(=O)NCCCOC)cccc21. The molecule has 1 aliphatic carbocycles. The molecule has 5 nitrogen and oxygen atoms in total. The summed E-state index contributed by atoms with van der Waals surface area (Å²) in [5.74, 6) is 0.740. The van der Waals surface area contributed by atoms with E-state index >= 15 is 0 Å². The summed E-state index contributed by atoms with van der Waals surface area (Å²) in [7, 11) is 3.63. The lowest BCUT2D eigenvalue weighted by Gasteiger charge is -2.13.